The molecule has 0 saturated heterocycles. The highest BCUT2D eigenvalue weighted by atomic mass is 16.6. The molecule has 0 aromatic rings. The second-order valence-corrected chi connectivity index (χ2v) is 6.47. The van der Waals surface area contributed by atoms with Crippen molar-refractivity contribution in [3.8, 4) is 0 Å². The van der Waals surface area contributed by atoms with Gasteiger partial charge in [-0.05, 0) is 19.8 Å². The normalized spacial score (nSPS) is 14.3. The van der Waals surface area contributed by atoms with Crippen LogP contribution < -0.4 is 0 Å². The molecule has 21 heavy (non-hydrogen) atoms. The van der Waals surface area contributed by atoms with Gasteiger partial charge in [-0.3, -0.25) is 0 Å². The molecular formula is C19H40O2. The van der Waals surface area contributed by atoms with Crippen molar-refractivity contribution in [1.29, 1.82) is 0 Å². The van der Waals surface area contributed by atoms with E-state index in [0.717, 1.165) is 19.3 Å². The summed E-state index contributed by atoms with van der Waals surface area (Å²) in [5.74, 6) is 0. The van der Waals surface area contributed by atoms with Crippen molar-refractivity contribution in [3.63, 3.8) is 0 Å². The number of aliphatic hydroxyl groups is 1. The molecule has 0 rings (SSSR count). The third-order valence-electron chi connectivity index (χ3n) is 4.13. The first-order valence-electron chi connectivity index (χ1n) is 9.54. The first-order chi connectivity index (χ1) is 10.2. The van der Waals surface area contributed by atoms with Gasteiger partial charge in [0.25, 0.3) is 0 Å². The highest BCUT2D eigenvalue weighted by Crippen LogP contribution is 2.16. The highest BCUT2D eigenvalue weighted by molar-refractivity contribution is 4.59. The molecule has 0 heterocycles. The van der Waals surface area contributed by atoms with E-state index < -0.39 is 6.29 Å². The zero-order chi connectivity index (χ0) is 15.8. The lowest BCUT2D eigenvalue weighted by atomic mass is 10.0. The predicted octanol–water partition coefficient (Wildman–Crippen LogP) is 6.21. The SMILES string of the molecule is CCCCCCCCCCCCCC(CCC)OC(C)O. The van der Waals surface area contributed by atoms with Crippen LogP contribution in [0.1, 0.15) is 111 Å². The highest BCUT2D eigenvalue weighted by Gasteiger charge is 2.10. The van der Waals surface area contributed by atoms with Crippen LogP contribution in [-0.2, 0) is 4.74 Å². The largest absolute Gasteiger partial charge is 0.368 e. The second kappa shape index (κ2) is 16.3. The van der Waals surface area contributed by atoms with Gasteiger partial charge >= 0.3 is 0 Å². The molecule has 0 aromatic carbocycles. The van der Waals surface area contributed by atoms with Crippen LogP contribution in [0, 0.1) is 0 Å². The van der Waals surface area contributed by atoms with Crippen molar-refractivity contribution in [2.75, 3.05) is 0 Å². The Morgan fingerprint density at radius 1 is 0.667 bits per heavy atom. The van der Waals surface area contributed by atoms with Gasteiger partial charge in [0.05, 0.1) is 6.10 Å². The first-order valence-corrected chi connectivity index (χ1v) is 9.54. The summed E-state index contributed by atoms with van der Waals surface area (Å²) >= 11 is 0. The van der Waals surface area contributed by atoms with E-state index in [4.69, 9.17) is 4.74 Å². The van der Waals surface area contributed by atoms with Crippen LogP contribution >= 0.6 is 0 Å². The van der Waals surface area contributed by atoms with E-state index in [-0.39, 0.29) is 6.10 Å². The van der Waals surface area contributed by atoms with E-state index in [0.29, 0.717) is 0 Å². The Balaban J connectivity index is 3.29. The Labute approximate surface area is 133 Å². The van der Waals surface area contributed by atoms with Crippen LogP contribution in [0.2, 0.25) is 0 Å². The molecule has 128 valence electrons. The predicted molar refractivity (Wildman–Crippen MR) is 92.5 cm³/mol. The number of aliphatic hydroxyl groups excluding tert-OH is 1. The molecule has 2 unspecified atom stereocenters. The Morgan fingerprint density at radius 3 is 1.57 bits per heavy atom. The van der Waals surface area contributed by atoms with Crippen molar-refractivity contribution in [3.05, 3.63) is 0 Å². The van der Waals surface area contributed by atoms with Gasteiger partial charge in [0.2, 0.25) is 0 Å². The minimum atomic E-state index is -0.616. The molecule has 0 aliphatic heterocycles. The lowest BCUT2D eigenvalue weighted by Crippen LogP contribution is -2.19. The third kappa shape index (κ3) is 16.1. The summed E-state index contributed by atoms with van der Waals surface area (Å²) in [7, 11) is 0. The summed E-state index contributed by atoms with van der Waals surface area (Å²) in [4.78, 5) is 0. The molecule has 0 radical (unpaired) electrons. The van der Waals surface area contributed by atoms with E-state index >= 15 is 0 Å². The maximum absolute atomic E-state index is 9.30. The smallest absolute Gasteiger partial charge is 0.152 e. The average Bonchev–Trinajstić information content (AvgIpc) is 2.44. The molecule has 0 aromatic heterocycles. The lowest BCUT2D eigenvalue weighted by molar-refractivity contribution is -0.128. The monoisotopic (exact) mass is 300 g/mol. The third-order valence-corrected chi connectivity index (χ3v) is 4.13. The molecule has 0 aliphatic carbocycles. The van der Waals surface area contributed by atoms with Crippen LogP contribution in [0.25, 0.3) is 0 Å². The van der Waals surface area contributed by atoms with Crippen molar-refractivity contribution in [2.45, 2.75) is 123 Å². The van der Waals surface area contributed by atoms with E-state index in [1.165, 1.54) is 70.6 Å². The minimum absolute atomic E-state index is 0.258. The zero-order valence-corrected chi connectivity index (χ0v) is 14.9. The van der Waals surface area contributed by atoms with Crippen LogP contribution in [-0.4, -0.2) is 17.5 Å². The minimum Gasteiger partial charge on any atom is -0.368 e. The maximum Gasteiger partial charge on any atom is 0.152 e. The van der Waals surface area contributed by atoms with Crippen molar-refractivity contribution in [2.24, 2.45) is 0 Å². The topological polar surface area (TPSA) is 29.5 Å². The van der Waals surface area contributed by atoms with Crippen LogP contribution in [0.15, 0.2) is 0 Å². The Morgan fingerprint density at radius 2 is 1.14 bits per heavy atom. The first kappa shape index (κ1) is 20.9. The number of ether oxygens (including phenoxy) is 1. The fraction of sp³-hybridized carbons (Fsp3) is 1.00. The molecule has 0 bridgehead atoms. The summed E-state index contributed by atoms with van der Waals surface area (Å²) in [6, 6.07) is 0. The van der Waals surface area contributed by atoms with Crippen molar-refractivity contribution in [1.82, 2.24) is 0 Å². The summed E-state index contributed by atoms with van der Waals surface area (Å²) in [6.07, 6.45) is 18.2. The number of unbranched alkanes of at least 4 members (excludes halogenated alkanes) is 10. The van der Waals surface area contributed by atoms with Gasteiger partial charge in [0.1, 0.15) is 0 Å². The van der Waals surface area contributed by atoms with Gasteiger partial charge in [0, 0.05) is 0 Å². The van der Waals surface area contributed by atoms with E-state index in [2.05, 4.69) is 13.8 Å². The number of hydrogen-bond donors (Lipinski definition) is 1. The number of hydrogen-bond acceptors (Lipinski definition) is 2. The van der Waals surface area contributed by atoms with Crippen LogP contribution in [0.4, 0.5) is 0 Å². The second-order valence-electron chi connectivity index (χ2n) is 6.47. The summed E-state index contributed by atoms with van der Waals surface area (Å²) in [6.45, 7) is 6.17. The molecule has 0 aliphatic rings. The van der Waals surface area contributed by atoms with E-state index in [1.54, 1.807) is 6.92 Å². The van der Waals surface area contributed by atoms with E-state index in [9.17, 15) is 5.11 Å². The van der Waals surface area contributed by atoms with Gasteiger partial charge in [-0.2, -0.15) is 0 Å². The van der Waals surface area contributed by atoms with Gasteiger partial charge in [-0.25, -0.2) is 0 Å². The molecule has 0 amide bonds. The lowest BCUT2D eigenvalue weighted by Gasteiger charge is -2.19. The molecule has 2 atom stereocenters. The van der Waals surface area contributed by atoms with Gasteiger partial charge in [0.15, 0.2) is 6.29 Å². The zero-order valence-electron chi connectivity index (χ0n) is 14.9. The van der Waals surface area contributed by atoms with Gasteiger partial charge in [-0.1, -0.05) is 90.9 Å². The average molecular weight is 301 g/mol. The summed E-state index contributed by atoms with van der Waals surface area (Å²) in [5.41, 5.74) is 0. The molecule has 0 spiro atoms. The summed E-state index contributed by atoms with van der Waals surface area (Å²) in [5, 5.41) is 9.30. The van der Waals surface area contributed by atoms with Crippen LogP contribution in [0.5, 0.6) is 0 Å². The quantitative estimate of drug-likeness (QED) is 0.271. The molecule has 0 saturated carbocycles. The standard InChI is InChI=1S/C19H40O2/c1-4-6-7-8-9-10-11-12-13-14-15-17-19(16-5-2)21-18(3)20/h18-20H,4-17H2,1-3H3. The van der Waals surface area contributed by atoms with Crippen molar-refractivity contribution < 1.29 is 9.84 Å². The summed E-state index contributed by atoms with van der Waals surface area (Å²) < 4.78 is 5.54. The Bertz CT molecular complexity index is 192. The molecule has 1 N–H and O–H groups in total. The fourth-order valence-electron chi connectivity index (χ4n) is 2.92. The van der Waals surface area contributed by atoms with Gasteiger partial charge < -0.3 is 9.84 Å². The molecule has 2 heteroatoms. The van der Waals surface area contributed by atoms with Crippen LogP contribution in [0.3, 0.4) is 0 Å². The molecular weight excluding hydrogens is 260 g/mol. The Kier molecular flexibility index (Phi) is 16.2. The Hall–Kier alpha value is -0.0800. The number of rotatable bonds is 16. The van der Waals surface area contributed by atoms with Crippen molar-refractivity contribution >= 4 is 0 Å². The van der Waals surface area contributed by atoms with E-state index in [1.807, 2.05) is 0 Å². The molecule has 2 nitrogen and oxygen atoms in total. The molecule has 0 fully saturated rings. The van der Waals surface area contributed by atoms with Gasteiger partial charge in [-0.15, -0.1) is 0 Å². The fourth-order valence-corrected chi connectivity index (χ4v) is 2.92. The maximum atomic E-state index is 9.30.